The molecule has 0 atom stereocenters. The topological polar surface area (TPSA) is 136 Å². The van der Waals surface area contributed by atoms with Crippen LogP contribution in [0.4, 0.5) is 5.82 Å². The lowest BCUT2D eigenvalue weighted by molar-refractivity contribution is 0.384. The molecule has 0 bridgehead atoms. The molecule has 0 saturated heterocycles. The van der Waals surface area contributed by atoms with Crippen LogP contribution >= 0.6 is 0 Å². The molecule has 0 spiro atoms. The molecule has 10 heteroatoms. The Morgan fingerprint density at radius 2 is 2.04 bits per heavy atom. The lowest BCUT2D eigenvalue weighted by Crippen LogP contribution is -2.33. The van der Waals surface area contributed by atoms with E-state index in [2.05, 4.69) is 20.2 Å². The van der Waals surface area contributed by atoms with Gasteiger partial charge in [0.2, 0.25) is 0 Å². The summed E-state index contributed by atoms with van der Waals surface area (Å²) in [5.74, 6) is 0.939. The molecule has 4 N–H and O–H groups in total. The van der Waals surface area contributed by atoms with Crippen molar-refractivity contribution < 1.29 is 14.6 Å². The Kier molecular flexibility index (Phi) is 3.32. The number of nitrogens with two attached hydrogens (primary N) is 1. The second kappa shape index (κ2) is 5.28. The normalized spacial score (nSPS) is 14.7. The smallest absolute Gasteiger partial charge is 0.423 e. The minimum atomic E-state index is -1.70. The first-order valence-electron chi connectivity index (χ1n) is 7.83. The summed E-state index contributed by atoms with van der Waals surface area (Å²) in [6.45, 7) is 3.93. The van der Waals surface area contributed by atoms with Crippen LogP contribution in [0.5, 0.6) is 0 Å². The summed E-state index contributed by atoms with van der Waals surface area (Å²) in [7, 11) is -1.70. The second-order valence-electron chi connectivity index (χ2n) is 6.30. The maximum absolute atomic E-state index is 9.83. The quantitative estimate of drug-likeness (QED) is 0.578. The van der Waals surface area contributed by atoms with Crippen molar-refractivity contribution in [1.29, 1.82) is 0 Å². The molecule has 1 fully saturated rings. The van der Waals surface area contributed by atoms with Crippen molar-refractivity contribution in [2.24, 2.45) is 0 Å². The Labute approximate surface area is 137 Å². The van der Waals surface area contributed by atoms with Crippen LogP contribution in [0.25, 0.3) is 22.4 Å². The molecule has 3 aromatic rings. The Morgan fingerprint density at radius 1 is 1.29 bits per heavy atom. The summed E-state index contributed by atoms with van der Waals surface area (Å²) in [4.78, 5) is 8.29. The minimum Gasteiger partial charge on any atom is -0.423 e. The number of hydrogen-bond donors (Lipinski definition) is 3. The average molecular weight is 328 g/mol. The maximum atomic E-state index is 9.83. The van der Waals surface area contributed by atoms with Crippen LogP contribution in [0, 0.1) is 0 Å². The number of rotatable bonds is 4. The van der Waals surface area contributed by atoms with Gasteiger partial charge in [0.15, 0.2) is 5.65 Å². The van der Waals surface area contributed by atoms with Gasteiger partial charge < -0.3 is 20.3 Å². The van der Waals surface area contributed by atoms with Gasteiger partial charge in [-0.3, -0.25) is 0 Å². The molecule has 3 heterocycles. The SMILES string of the molecule is CC(C)n1nc(-c2noc(C3CC3)c2B(O)O)c2c(N)ncnc21. The lowest BCUT2D eigenvalue weighted by atomic mass is 9.76. The zero-order valence-electron chi connectivity index (χ0n) is 13.3. The number of anilines is 1. The number of nitrogen functional groups attached to an aromatic ring is 1. The van der Waals surface area contributed by atoms with E-state index in [1.54, 1.807) is 4.68 Å². The van der Waals surface area contributed by atoms with Crippen LogP contribution in [0.1, 0.15) is 44.4 Å². The molecule has 1 aliphatic carbocycles. The molecule has 4 rings (SSSR count). The number of aromatic nitrogens is 5. The first-order valence-corrected chi connectivity index (χ1v) is 7.83. The third-order valence-electron chi connectivity index (χ3n) is 4.19. The maximum Gasteiger partial charge on any atom is 0.494 e. The standard InChI is InChI=1S/C14H17BN6O3/c1-6(2)21-14-8(13(16)17-5-18-14)10(19-21)11-9(15(22)23)12(24-20-11)7-3-4-7/h5-7,22-23H,3-4H2,1-2H3,(H2,16,17,18). The second-order valence-corrected chi connectivity index (χ2v) is 6.30. The van der Waals surface area contributed by atoms with E-state index >= 15 is 0 Å². The molecular formula is C14H17BN6O3. The number of nitrogens with zero attached hydrogens (tertiary/aromatic N) is 5. The molecule has 124 valence electrons. The molecular weight excluding hydrogens is 311 g/mol. The summed E-state index contributed by atoms with van der Waals surface area (Å²) in [5, 5.41) is 28.8. The van der Waals surface area contributed by atoms with Crippen molar-refractivity contribution in [3.63, 3.8) is 0 Å². The van der Waals surface area contributed by atoms with E-state index in [-0.39, 0.29) is 28.9 Å². The molecule has 0 amide bonds. The van der Waals surface area contributed by atoms with Gasteiger partial charge in [-0.05, 0) is 26.7 Å². The van der Waals surface area contributed by atoms with Crippen molar-refractivity contribution in [2.45, 2.75) is 38.6 Å². The van der Waals surface area contributed by atoms with Crippen molar-refractivity contribution in [3.8, 4) is 11.4 Å². The summed E-state index contributed by atoms with van der Waals surface area (Å²) >= 11 is 0. The average Bonchev–Trinajstić information content (AvgIpc) is 3.14. The van der Waals surface area contributed by atoms with E-state index in [1.807, 2.05) is 13.8 Å². The van der Waals surface area contributed by atoms with Gasteiger partial charge in [0.1, 0.15) is 29.3 Å². The van der Waals surface area contributed by atoms with Crippen LogP contribution in [0.2, 0.25) is 0 Å². The van der Waals surface area contributed by atoms with Crippen LogP contribution in [-0.4, -0.2) is 42.1 Å². The third-order valence-corrected chi connectivity index (χ3v) is 4.19. The van der Waals surface area contributed by atoms with E-state index in [4.69, 9.17) is 10.3 Å². The molecule has 0 unspecified atom stereocenters. The fourth-order valence-electron chi connectivity index (χ4n) is 2.89. The van der Waals surface area contributed by atoms with Crippen LogP contribution in [0.15, 0.2) is 10.9 Å². The minimum absolute atomic E-state index is 0.0350. The molecule has 24 heavy (non-hydrogen) atoms. The van der Waals surface area contributed by atoms with E-state index in [1.165, 1.54) is 6.33 Å². The first-order chi connectivity index (χ1) is 11.5. The van der Waals surface area contributed by atoms with Crippen molar-refractivity contribution in [2.75, 3.05) is 5.73 Å². The monoisotopic (exact) mass is 328 g/mol. The Balaban J connectivity index is 2.01. The number of fused-ring (bicyclic) bond motifs is 1. The predicted octanol–water partition coefficient (Wildman–Crippen LogP) is 0.202. The van der Waals surface area contributed by atoms with Gasteiger partial charge in [-0.25, -0.2) is 14.6 Å². The molecule has 0 radical (unpaired) electrons. The largest absolute Gasteiger partial charge is 0.494 e. The Hall–Kier alpha value is -2.46. The first kappa shape index (κ1) is 15.1. The highest BCUT2D eigenvalue weighted by molar-refractivity contribution is 6.61. The number of hydrogen-bond acceptors (Lipinski definition) is 8. The van der Waals surface area contributed by atoms with Gasteiger partial charge in [0.25, 0.3) is 0 Å². The fourth-order valence-corrected chi connectivity index (χ4v) is 2.89. The zero-order valence-corrected chi connectivity index (χ0v) is 13.3. The predicted molar refractivity (Wildman–Crippen MR) is 87.4 cm³/mol. The molecule has 1 saturated carbocycles. The highest BCUT2D eigenvalue weighted by atomic mass is 16.5. The van der Waals surface area contributed by atoms with Crippen LogP contribution < -0.4 is 11.2 Å². The highest BCUT2D eigenvalue weighted by Gasteiger charge is 2.38. The van der Waals surface area contributed by atoms with Gasteiger partial charge in [-0.15, -0.1) is 0 Å². The van der Waals surface area contributed by atoms with Gasteiger partial charge in [0.05, 0.1) is 10.8 Å². The summed E-state index contributed by atoms with van der Waals surface area (Å²) in [5.41, 5.74) is 7.52. The van der Waals surface area contributed by atoms with E-state index in [0.29, 0.717) is 22.5 Å². The van der Waals surface area contributed by atoms with Crippen LogP contribution in [0.3, 0.4) is 0 Å². The molecule has 0 aliphatic heterocycles. The van der Waals surface area contributed by atoms with Crippen molar-refractivity contribution in [3.05, 3.63) is 12.1 Å². The Bertz CT molecular complexity index is 915. The lowest BCUT2D eigenvalue weighted by Gasteiger charge is -2.05. The van der Waals surface area contributed by atoms with Gasteiger partial charge in [-0.2, -0.15) is 5.10 Å². The van der Waals surface area contributed by atoms with Gasteiger partial charge in [0, 0.05) is 12.0 Å². The summed E-state index contributed by atoms with van der Waals surface area (Å²) < 4.78 is 7.10. The zero-order chi connectivity index (χ0) is 17.0. The molecule has 1 aliphatic rings. The third kappa shape index (κ3) is 2.18. The van der Waals surface area contributed by atoms with Crippen LogP contribution in [-0.2, 0) is 0 Å². The summed E-state index contributed by atoms with van der Waals surface area (Å²) in [6.07, 6.45) is 3.27. The van der Waals surface area contributed by atoms with Gasteiger partial charge in [-0.1, -0.05) is 5.16 Å². The van der Waals surface area contributed by atoms with Gasteiger partial charge >= 0.3 is 7.12 Å². The van der Waals surface area contributed by atoms with E-state index in [9.17, 15) is 10.0 Å². The van der Waals surface area contributed by atoms with Crippen molar-refractivity contribution in [1.82, 2.24) is 24.9 Å². The summed E-state index contributed by atoms with van der Waals surface area (Å²) in [6, 6.07) is 0.0350. The van der Waals surface area contributed by atoms with E-state index < -0.39 is 7.12 Å². The highest BCUT2D eigenvalue weighted by Crippen LogP contribution is 2.41. The fraction of sp³-hybridized carbons (Fsp3) is 0.429. The molecule has 9 nitrogen and oxygen atoms in total. The molecule has 3 aromatic heterocycles. The Morgan fingerprint density at radius 3 is 2.67 bits per heavy atom. The molecule has 0 aromatic carbocycles. The van der Waals surface area contributed by atoms with E-state index in [0.717, 1.165) is 12.8 Å². The van der Waals surface area contributed by atoms with Crippen molar-refractivity contribution >= 4 is 29.4 Å².